The van der Waals surface area contributed by atoms with Gasteiger partial charge in [0.2, 0.25) is 0 Å². The van der Waals surface area contributed by atoms with Crippen LogP contribution in [-0.2, 0) is 0 Å². The summed E-state index contributed by atoms with van der Waals surface area (Å²) in [5.74, 6) is 0. The van der Waals surface area contributed by atoms with Gasteiger partial charge in [-0.25, -0.2) is 0 Å². The van der Waals surface area contributed by atoms with Crippen LogP contribution in [0.4, 0.5) is 0 Å². The summed E-state index contributed by atoms with van der Waals surface area (Å²) in [6.07, 6.45) is 10.1. The van der Waals surface area contributed by atoms with Crippen LogP contribution in [-0.4, -0.2) is 37.1 Å². The summed E-state index contributed by atoms with van der Waals surface area (Å²) < 4.78 is 0. The zero-order chi connectivity index (χ0) is 9.10. The van der Waals surface area contributed by atoms with Gasteiger partial charge in [-0.2, -0.15) is 0 Å². The van der Waals surface area contributed by atoms with E-state index >= 15 is 0 Å². The molecule has 1 saturated carbocycles. The van der Waals surface area contributed by atoms with Crippen molar-refractivity contribution in [2.75, 3.05) is 20.1 Å². The third-order valence-corrected chi connectivity index (χ3v) is 3.42. The van der Waals surface area contributed by atoms with E-state index in [9.17, 15) is 0 Å². The monoisotopic (exact) mass is 180 g/mol. The molecule has 0 unspecified atom stereocenters. The van der Waals surface area contributed by atoms with E-state index in [1.807, 2.05) is 0 Å². The molecule has 0 aromatic rings. The van der Waals surface area contributed by atoms with Crippen LogP contribution >= 0.6 is 0 Å². The molecule has 1 aliphatic carbocycles. The molecule has 0 amide bonds. The quantitative estimate of drug-likeness (QED) is 0.646. The van der Waals surface area contributed by atoms with E-state index in [0.29, 0.717) is 0 Å². The standard InChI is InChI=1S/C11H20N2/c1-12-10-6-2-3-7-11(10)13-8-4-5-9-13/h4-5,10-12H,2-3,6-9H2,1H3/t10-,11-/m0/s1. The van der Waals surface area contributed by atoms with Crippen molar-refractivity contribution >= 4 is 0 Å². The van der Waals surface area contributed by atoms with Crippen LogP contribution in [0.5, 0.6) is 0 Å². The molecule has 1 heterocycles. The van der Waals surface area contributed by atoms with Crippen molar-refractivity contribution in [3.8, 4) is 0 Å². The minimum atomic E-state index is 0.730. The molecule has 13 heavy (non-hydrogen) atoms. The Kier molecular flexibility index (Phi) is 3.01. The molecule has 0 spiro atoms. The van der Waals surface area contributed by atoms with Gasteiger partial charge >= 0.3 is 0 Å². The fourth-order valence-corrected chi connectivity index (χ4v) is 2.65. The first kappa shape index (κ1) is 9.22. The Hall–Kier alpha value is -0.340. The van der Waals surface area contributed by atoms with Crippen molar-refractivity contribution in [1.29, 1.82) is 0 Å². The molecule has 2 atom stereocenters. The van der Waals surface area contributed by atoms with E-state index in [4.69, 9.17) is 0 Å². The fraction of sp³-hybridized carbons (Fsp3) is 0.818. The summed E-state index contributed by atoms with van der Waals surface area (Å²) in [4.78, 5) is 2.60. The minimum Gasteiger partial charge on any atom is -0.315 e. The Balaban J connectivity index is 1.94. The van der Waals surface area contributed by atoms with Gasteiger partial charge in [-0.05, 0) is 19.9 Å². The maximum Gasteiger partial charge on any atom is 0.0255 e. The summed E-state index contributed by atoms with van der Waals surface area (Å²) in [5.41, 5.74) is 0. The Morgan fingerprint density at radius 2 is 1.85 bits per heavy atom. The van der Waals surface area contributed by atoms with E-state index in [1.54, 1.807) is 0 Å². The molecule has 74 valence electrons. The van der Waals surface area contributed by atoms with Gasteiger partial charge < -0.3 is 5.32 Å². The van der Waals surface area contributed by atoms with E-state index in [2.05, 4.69) is 29.4 Å². The fourth-order valence-electron chi connectivity index (χ4n) is 2.65. The summed E-state index contributed by atoms with van der Waals surface area (Å²) in [6.45, 7) is 2.34. The summed E-state index contributed by atoms with van der Waals surface area (Å²) >= 11 is 0. The van der Waals surface area contributed by atoms with E-state index < -0.39 is 0 Å². The second-order valence-electron chi connectivity index (χ2n) is 4.17. The first-order chi connectivity index (χ1) is 6.42. The molecule has 1 N–H and O–H groups in total. The highest BCUT2D eigenvalue weighted by molar-refractivity contribution is 5.00. The average molecular weight is 180 g/mol. The second-order valence-corrected chi connectivity index (χ2v) is 4.17. The van der Waals surface area contributed by atoms with Crippen molar-refractivity contribution in [2.24, 2.45) is 0 Å². The highest BCUT2D eigenvalue weighted by Crippen LogP contribution is 2.24. The molecule has 0 aromatic carbocycles. The van der Waals surface area contributed by atoms with Gasteiger partial charge in [-0.3, -0.25) is 4.90 Å². The molecule has 0 radical (unpaired) electrons. The lowest BCUT2D eigenvalue weighted by molar-refractivity contribution is 0.159. The van der Waals surface area contributed by atoms with Crippen LogP contribution in [0.15, 0.2) is 12.2 Å². The predicted molar refractivity (Wildman–Crippen MR) is 55.8 cm³/mol. The molecule has 2 heteroatoms. The van der Waals surface area contributed by atoms with Crippen LogP contribution in [0.3, 0.4) is 0 Å². The third-order valence-electron chi connectivity index (χ3n) is 3.42. The molecular weight excluding hydrogens is 160 g/mol. The number of nitrogens with zero attached hydrogens (tertiary/aromatic N) is 1. The molecule has 1 fully saturated rings. The maximum atomic E-state index is 3.46. The zero-order valence-corrected chi connectivity index (χ0v) is 8.50. The van der Waals surface area contributed by atoms with Gasteiger partial charge in [0.05, 0.1) is 0 Å². The van der Waals surface area contributed by atoms with E-state index in [-0.39, 0.29) is 0 Å². The maximum absolute atomic E-state index is 3.46. The van der Waals surface area contributed by atoms with Crippen LogP contribution < -0.4 is 5.32 Å². The first-order valence-electron chi connectivity index (χ1n) is 5.48. The highest BCUT2D eigenvalue weighted by atomic mass is 15.2. The molecular formula is C11H20N2. The highest BCUT2D eigenvalue weighted by Gasteiger charge is 2.28. The van der Waals surface area contributed by atoms with Gasteiger partial charge in [0.25, 0.3) is 0 Å². The lowest BCUT2D eigenvalue weighted by Crippen LogP contribution is -2.49. The van der Waals surface area contributed by atoms with Crippen LogP contribution in [0, 0.1) is 0 Å². The topological polar surface area (TPSA) is 15.3 Å². The average Bonchev–Trinajstić information content (AvgIpc) is 2.70. The molecule has 0 aromatic heterocycles. The van der Waals surface area contributed by atoms with Crippen molar-refractivity contribution in [3.05, 3.63) is 12.2 Å². The molecule has 0 bridgehead atoms. The van der Waals surface area contributed by atoms with Crippen LogP contribution in [0.2, 0.25) is 0 Å². The first-order valence-corrected chi connectivity index (χ1v) is 5.48. The second kappa shape index (κ2) is 4.25. The number of hydrogen-bond donors (Lipinski definition) is 1. The lowest BCUT2D eigenvalue weighted by Gasteiger charge is -2.37. The number of likely N-dealkylation sites (N-methyl/N-ethyl adjacent to an activating group) is 1. The smallest absolute Gasteiger partial charge is 0.0255 e. The Bertz CT molecular complexity index is 179. The van der Waals surface area contributed by atoms with Crippen LogP contribution in [0.1, 0.15) is 25.7 Å². The Labute approximate surface area is 81.0 Å². The van der Waals surface area contributed by atoms with E-state index in [1.165, 1.54) is 38.8 Å². The van der Waals surface area contributed by atoms with Crippen molar-refractivity contribution in [1.82, 2.24) is 10.2 Å². The lowest BCUT2D eigenvalue weighted by atomic mass is 9.89. The predicted octanol–water partition coefficient (Wildman–Crippen LogP) is 1.39. The van der Waals surface area contributed by atoms with Gasteiger partial charge in [0.15, 0.2) is 0 Å². The molecule has 0 saturated heterocycles. The van der Waals surface area contributed by atoms with Crippen molar-refractivity contribution < 1.29 is 0 Å². The minimum absolute atomic E-state index is 0.730. The molecule has 2 nitrogen and oxygen atoms in total. The van der Waals surface area contributed by atoms with Gasteiger partial charge in [0.1, 0.15) is 0 Å². The molecule has 2 aliphatic rings. The number of nitrogens with one attached hydrogen (secondary N) is 1. The number of hydrogen-bond acceptors (Lipinski definition) is 2. The van der Waals surface area contributed by atoms with Gasteiger partial charge in [0, 0.05) is 25.2 Å². The van der Waals surface area contributed by atoms with Crippen molar-refractivity contribution in [2.45, 2.75) is 37.8 Å². The summed E-state index contributed by atoms with van der Waals surface area (Å²) in [6, 6.07) is 1.52. The third kappa shape index (κ3) is 1.94. The Morgan fingerprint density at radius 1 is 1.15 bits per heavy atom. The Morgan fingerprint density at radius 3 is 2.54 bits per heavy atom. The molecule has 1 aliphatic heterocycles. The van der Waals surface area contributed by atoms with Gasteiger partial charge in [-0.15, -0.1) is 0 Å². The SMILES string of the molecule is CN[C@H]1CCCC[C@@H]1N1CC=CC1. The normalized spacial score (nSPS) is 35.5. The molecule has 2 rings (SSSR count). The zero-order valence-electron chi connectivity index (χ0n) is 8.50. The van der Waals surface area contributed by atoms with E-state index in [0.717, 1.165) is 12.1 Å². The number of rotatable bonds is 2. The van der Waals surface area contributed by atoms with Crippen molar-refractivity contribution in [3.63, 3.8) is 0 Å². The summed E-state index contributed by atoms with van der Waals surface area (Å²) in [5, 5.41) is 3.46. The van der Waals surface area contributed by atoms with Gasteiger partial charge in [-0.1, -0.05) is 25.0 Å². The summed E-state index contributed by atoms with van der Waals surface area (Å²) in [7, 11) is 2.10. The largest absolute Gasteiger partial charge is 0.315 e. The van der Waals surface area contributed by atoms with Crippen LogP contribution in [0.25, 0.3) is 0 Å².